The topological polar surface area (TPSA) is 86.7 Å². The minimum absolute atomic E-state index is 0.0101. The van der Waals surface area contributed by atoms with Gasteiger partial charge in [0.05, 0.1) is 31.8 Å². The molecule has 1 aliphatic rings. The van der Waals surface area contributed by atoms with E-state index in [1.54, 1.807) is 48.7 Å². The van der Waals surface area contributed by atoms with Gasteiger partial charge in [-0.05, 0) is 36.4 Å². The summed E-state index contributed by atoms with van der Waals surface area (Å²) < 4.78 is 16.6. The lowest BCUT2D eigenvalue weighted by atomic mass is 10.1. The molecule has 3 aromatic rings. The molecule has 0 spiro atoms. The summed E-state index contributed by atoms with van der Waals surface area (Å²) in [6, 6.07) is 12.8. The number of rotatable bonds is 9. The zero-order valence-electron chi connectivity index (χ0n) is 17.6. The molecular weight excluding hydrogens is 432 g/mol. The molecule has 0 N–H and O–H groups in total. The van der Waals surface area contributed by atoms with Crippen LogP contribution >= 0.6 is 11.6 Å². The number of aromatic nitrogens is 3. The second-order valence-corrected chi connectivity index (χ2v) is 7.71. The van der Waals surface area contributed by atoms with Gasteiger partial charge in [0.15, 0.2) is 0 Å². The van der Waals surface area contributed by atoms with Crippen molar-refractivity contribution in [2.45, 2.75) is 12.5 Å². The standard InChI is InChI=1S/C23H23ClN4O4/c1-30-9-10-31-18-5-6-21(24)20(12-18)16-4-7-22(25-13-16)32-19-14-28(15-19)23(29)11-17-3-2-8-26-27-17/h2-8,12-13,19H,9-11,14-15H2,1H3. The van der Waals surface area contributed by atoms with Crippen molar-refractivity contribution in [2.24, 2.45) is 0 Å². The van der Waals surface area contributed by atoms with E-state index in [9.17, 15) is 4.79 Å². The Bertz CT molecular complexity index is 1040. The summed E-state index contributed by atoms with van der Waals surface area (Å²) in [5.41, 5.74) is 2.34. The van der Waals surface area contributed by atoms with E-state index in [2.05, 4.69) is 15.2 Å². The maximum Gasteiger partial charge on any atom is 0.228 e. The minimum Gasteiger partial charge on any atom is -0.491 e. The van der Waals surface area contributed by atoms with Crippen LogP contribution < -0.4 is 9.47 Å². The predicted molar refractivity (Wildman–Crippen MR) is 119 cm³/mol. The summed E-state index contributed by atoms with van der Waals surface area (Å²) in [4.78, 5) is 18.4. The molecule has 166 valence electrons. The van der Waals surface area contributed by atoms with Gasteiger partial charge in [-0.3, -0.25) is 4.79 Å². The van der Waals surface area contributed by atoms with Crippen molar-refractivity contribution in [1.29, 1.82) is 0 Å². The van der Waals surface area contributed by atoms with Crippen LogP contribution in [0.4, 0.5) is 0 Å². The third kappa shape index (κ3) is 5.52. The first-order valence-corrected chi connectivity index (χ1v) is 10.6. The van der Waals surface area contributed by atoms with Gasteiger partial charge in [-0.15, -0.1) is 0 Å². The Labute approximate surface area is 191 Å². The van der Waals surface area contributed by atoms with Crippen molar-refractivity contribution < 1.29 is 19.0 Å². The highest BCUT2D eigenvalue weighted by Crippen LogP contribution is 2.32. The van der Waals surface area contributed by atoms with Crippen LogP contribution in [-0.2, 0) is 16.0 Å². The number of pyridine rings is 1. The number of nitrogens with zero attached hydrogens (tertiary/aromatic N) is 4. The second kappa shape index (κ2) is 10.4. The van der Waals surface area contributed by atoms with Crippen molar-refractivity contribution in [2.75, 3.05) is 33.4 Å². The second-order valence-electron chi connectivity index (χ2n) is 7.30. The molecule has 8 nitrogen and oxygen atoms in total. The number of hydrogen-bond donors (Lipinski definition) is 0. The molecule has 1 aromatic carbocycles. The molecule has 0 unspecified atom stereocenters. The van der Waals surface area contributed by atoms with E-state index in [0.29, 0.717) is 48.6 Å². The third-order valence-corrected chi connectivity index (χ3v) is 5.32. The summed E-state index contributed by atoms with van der Waals surface area (Å²) >= 11 is 6.37. The van der Waals surface area contributed by atoms with E-state index in [1.165, 1.54) is 0 Å². The Morgan fingerprint density at radius 3 is 2.78 bits per heavy atom. The summed E-state index contributed by atoms with van der Waals surface area (Å²) in [6.45, 7) is 2.02. The monoisotopic (exact) mass is 454 g/mol. The highest BCUT2D eigenvalue weighted by atomic mass is 35.5. The lowest BCUT2D eigenvalue weighted by Gasteiger charge is -2.38. The molecule has 1 saturated heterocycles. The zero-order chi connectivity index (χ0) is 22.3. The summed E-state index contributed by atoms with van der Waals surface area (Å²) in [5, 5.41) is 8.35. The van der Waals surface area contributed by atoms with E-state index >= 15 is 0 Å². The fraction of sp³-hybridized carbons (Fsp3) is 0.304. The lowest BCUT2D eigenvalue weighted by molar-refractivity contribution is -0.139. The van der Waals surface area contributed by atoms with Crippen LogP contribution in [0.3, 0.4) is 0 Å². The normalized spacial score (nSPS) is 13.5. The number of halogens is 1. The van der Waals surface area contributed by atoms with E-state index in [0.717, 1.165) is 11.1 Å². The van der Waals surface area contributed by atoms with Crippen LogP contribution in [0.5, 0.6) is 11.6 Å². The average molecular weight is 455 g/mol. The quantitative estimate of drug-likeness (QED) is 0.459. The highest BCUT2D eigenvalue weighted by Gasteiger charge is 2.32. The average Bonchev–Trinajstić information content (AvgIpc) is 2.78. The number of likely N-dealkylation sites (tertiary alicyclic amines) is 1. The molecule has 3 heterocycles. The fourth-order valence-electron chi connectivity index (χ4n) is 3.25. The maximum absolute atomic E-state index is 12.3. The largest absolute Gasteiger partial charge is 0.491 e. The molecule has 0 atom stereocenters. The Morgan fingerprint density at radius 1 is 1.19 bits per heavy atom. The molecule has 1 fully saturated rings. The molecule has 1 aliphatic heterocycles. The molecule has 4 rings (SSSR count). The van der Waals surface area contributed by atoms with Crippen molar-refractivity contribution >= 4 is 17.5 Å². The molecule has 1 amide bonds. The minimum atomic E-state index is -0.0831. The smallest absolute Gasteiger partial charge is 0.228 e. The first-order chi connectivity index (χ1) is 15.6. The number of benzene rings is 1. The predicted octanol–water partition coefficient (Wildman–Crippen LogP) is 3.05. The van der Waals surface area contributed by atoms with E-state index in [-0.39, 0.29) is 18.4 Å². The van der Waals surface area contributed by atoms with Gasteiger partial charge in [0.25, 0.3) is 0 Å². The van der Waals surface area contributed by atoms with Crippen LogP contribution in [0.25, 0.3) is 11.1 Å². The van der Waals surface area contributed by atoms with Gasteiger partial charge in [0.2, 0.25) is 11.8 Å². The number of hydrogen-bond acceptors (Lipinski definition) is 7. The highest BCUT2D eigenvalue weighted by molar-refractivity contribution is 6.33. The Kier molecular flexibility index (Phi) is 7.14. The number of ether oxygens (including phenoxy) is 3. The van der Waals surface area contributed by atoms with Crippen molar-refractivity contribution in [1.82, 2.24) is 20.1 Å². The van der Waals surface area contributed by atoms with Gasteiger partial charge in [0.1, 0.15) is 18.5 Å². The molecule has 0 bridgehead atoms. The van der Waals surface area contributed by atoms with E-state index in [4.69, 9.17) is 25.8 Å². The fourth-order valence-corrected chi connectivity index (χ4v) is 3.48. The van der Waals surface area contributed by atoms with Gasteiger partial charge in [-0.25, -0.2) is 4.98 Å². The first-order valence-electron chi connectivity index (χ1n) is 10.2. The molecule has 2 aromatic heterocycles. The van der Waals surface area contributed by atoms with Gasteiger partial charge >= 0.3 is 0 Å². The van der Waals surface area contributed by atoms with Crippen LogP contribution in [-0.4, -0.2) is 65.5 Å². The molecule has 0 saturated carbocycles. The lowest BCUT2D eigenvalue weighted by Crippen LogP contribution is -2.56. The van der Waals surface area contributed by atoms with Gasteiger partial charge in [-0.1, -0.05) is 11.6 Å². The molecule has 32 heavy (non-hydrogen) atoms. The zero-order valence-corrected chi connectivity index (χ0v) is 18.4. The SMILES string of the molecule is COCCOc1ccc(Cl)c(-c2ccc(OC3CN(C(=O)Cc4cccnn4)C3)nc2)c1. The Hall–Kier alpha value is -3.23. The van der Waals surface area contributed by atoms with Gasteiger partial charge in [0, 0.05) is 41.7 Å². The Balaban J connectivity index is 1.30. The van der Waals surface area contributed by atoms with Gasteiger partial charge in [-0.2, -0.15) is 10.2 Å². The maximum atomic E-state index is 12.3. The molecular formula is C23H23ClN4O4. The Morgan fingerprint density at radius 2 is 2.06 bits per heavy atom. The van der Waals surface area contributed by atoms with Crippen molar-refractivity contribution in [3.05, 3.63) is 65.6 Å². The number of amides is 1. The van der Waals surface area contributed by atoms with Crippen molar-refractivity contribution in [3.63, 3.8) is 0 Å². The first kappa shape index (κ1) is 22.0. The molecule has 0 radical (unpaired) electrons. The van der Waals surface area contributed by atoms with Crippen LogP contribution in [0, 0.1) is 0 Å². The van der Waals surface area contributed by atoms with Gasteiger partial charge < -0.3 is 19.1 Å². The van der Waals surface area contributed by atoms with E-state index in [1.807, 2.05) is 18.2 Å². The summed E-state index contributed by atoms with van der Waals surface area (Å²) in [7, 11) is 1.63. The number of carbonyl (C=O) groups is 1. The number of methoxy groups -OCH3 is 1. The van der Waals surface area contributed by atoms with Crippen molar-refractivity contribution in [3.8, 4) is 22.8 Å². The van der Waals surface area contributed by atoms with Crippen LogP contribution in [0.2, 0.25) is 5.02 Å². The van der Waals surface area contributed by atoms with Crippen LogP contribution in [0.1, 0.15) is 5.69 Å². The molecule has 9 heteroatoms. The molecule has 0 aliphatic carbocycles. The van der Waals surface area contributed by atoms with E-state index < -0.39 is 0 Å². The third-order valence-electron chi connectivity index (χ3n) is 4.99. The van der Waals surface area contributed by atoms with Crippen LogP contribution in [0.15, 0.2) is 54.9 Å². The summed E-state index contributed by atoms with van der Waals surface area (Å²) in [6.07, 6.45) is 3.45. The number of carbonyl (C=O) groups excluding carboxylic acids is 1. The summed E-state index contributed by atoms with van der Waals surface area (Å²) in [5.74, 6) is 1.22.